The Balaban J connectivity index is 2.35. The Bertz CT molecular complexity index is 421. The van der Waals surface area contributed by atoms with Gasteiger partial charge in [0.1, 0.15) is 17.6 Å². The van der Waals surface area contributed by atoms with Crippen LogP contribution in [-0.2, 0) is 6.54 Å². The SMILES string of the molecule is CCn1ccnc1C(N)c1sccc1OC. The molecule has 0 aromatic carbocycles. The van der Waals surface area contributed by atoms with E-state index in [-0.39, 0.29) is 6.04 Å². The van der Waals surface area contributed by atoms with Crippen LogP contribution in [0.4, 0.5) is 0 Å². The molecule has 2 N–H and O–H groups in total. The summed E-state index contributed by atoms with van der Waals surface area (Å²) in [6.45, 7) is 2.94. The van der Waals surface area contributed by atoms with Crippen LogP contribution in [-0.4, -0.2) is 16.7 Å². The predicted molar refractivity (Wildman–Crippen MR) is 64.8 cm³/mol. The van der Waals surface area contributed by atoms with Crippen molar-refractivity contribution in [2.75, 3.05) is 7.11 Å². The minimum Gasteiger partial charge on any atom is -0.496 e. The number of ether oxygens (including phenoxy) is 1. The molecule has 2 aromatic heterocycles. The van der Waals surface area contributed by atoms with E-state index in [4.69, 9.17) is 10.5 Å². The minimum atomic E-state index is -0.218. The maximum Gasteiger partial charge on any atom is 0.134 e. The number of hydrogen-bond donors (Lipinski definition) is 1. The predicted octanol–water partition coefficient (Wildman–Crippen LogP) is 2.02. The average molecular weight is 237 g/mol. The average Bonchev–Trinajstić information content (AvgIpc) is 2.96. The van der Waals surface area contributed by atoms with Gasteiger partial charge in [-0.05, 0) is 18.4 Å². The summed E-state index contributed by atoms with van der Waals surface area (Å²) in [6.07, 6.45) is 3.72. The van der Waals surface area contributed by atoms with Crippen LogP contribution in [0.25, 0.3) is 0 Å². The molecule has 2 heterocycles. The molecule has 0 aliphatic heterocycles. The van der Waals surface area contributed by atoms with Crippen molar-refractivity contribution in [3.8, 4) is 5.75 Å². The van der Waals surface area contributed by atoms with Crippen molar-refractivity contribution >= 4 is 11.3 Å². The molecule has 5 heteroatoms. The van der Waals surface area contributed by atoms with E-state index in [1.807, 2.05) is 22.2 Å². The van der Waals surface area contributed by atoms with Gasteiger partial charge in [-0.2, -0.15) is 0 Å². The Labute approximate surface area is 98.7 Å². The molecule has 2 aromatic rings. The molecule has 0 aliphatic rings. The number of aromatic nitrogens is 2. The Morgan fingerprint density at radius 3 is 3.12 bits per heavy atom. The zero-order valence-corrected chi connectivity index (χ0v) is 10.2. The number of thiophene rings is 1. The van der Waals surface area contributed by atoms with Gasteiger partial charge in [-0.3, -0.25) is 0 Å². The summed E-state index contributed by atoms with van der Waals surface area (Å²) in [7, 11) is 1.66. The van der Waals surface area contributed by atoms with E-state index in [9.17, 15) is 0 Å². The van der Waals surface area contributed by atoms with Crippen LogP contribution >= 0.6 is 11.3 Å². The monoisotopic (exact) mass is 237 g/mol. The van der Waals surface area contributed by atoms with Gasteiger partial charge in [0.2, 0.25) is 0 Å². The highest BCUT2D eigenvalue weighted by Gasteiger charge is 2.19. The van der Waals surface area contributed by atoms with Crippen molar-refractivity contribution < 1.29 is 4.74 Å². The third-order valence-corrected chi connectivity index (χ3v) is 3.51. The van der Waals surface area contributed by atoms with Gasteiger partial charge in [0.25, 0.3) is 0 Å². The van der Waals surface area contributed by atoms with E-state index in [2.05, 4.69) is 11.9 Å². The molecule has 4 nitrogen and oxygen atoms in total. The molecule has 16 heavy (non-hydrogen) atoms. The third-order valence-electron chi connectivity index (χ3n) is 2.53. The lowest BCUT2D eigenvalue weighted by Crippen LogP contribution is -2.17. The van der Waals surface area contributed by atoms with Crippen LogP contribution in [0.5, 0.6) is 5.75 Å². The summed E-state index contributed by atoms with van der Waals surface area (Å²) in [4.78, 5) is 5.32. The standard InChI is InChI=1S/C11H15N3OS/c1-3-14-6-5-13-11(14)9(12)10-8(15-2)4-7-16-10/h4-7,9H,3,12H2,1-2H3. The molecule has 0 radical (unpaired) electrons. The second-order valence-corrected chi connectivity index (χ2v) is 4.35. The van der Waals surface area contributed by atoms with Gasteiger partial charge >= 0.3 is 0 Å². The van der Waals surface area contributed by atoms with Crippen molar-refractivity contribution in [1.82, 2.24) is 9.55 Å². The number of methoxy groups -OCH3 is 1. The van der Waals surface area contributed by atoms with E-state index < -0.39 is 0 Å². The number of nitrogens with zero attached hydrogens (tertiary/aromatic N) is 2. The van der Waals surface area contributed by atoms with E-state index in [0.29, 0.717) is 0 Å². The number of nitrogens with two attached hydrogens (primary N) is 1. The van der Waals surface area contributed by atoms with Crippen LogP contribution in [0.15, 0.2) is 23.8 Å². The lowest BCUT2D eigenvalue weighted by Gasteiger charge is -2.13. The highest BCUT2D eigenvalue weighted by atomic mass is 32.1. The normalized spacial score (nSPS) is 12.7. The Morgan fingerprint density at radius 2 is 2.44 bits per heavy atom. The van der Waals surface area contributed by atoms with Gasteiger partial charge in [-0.25, -0.2) is 4.98 Å². The molecule has 86 valence electrons. The largest absolute Gasteiger partial charge is 0.496 e. The maximum absolute atomic E-state index is 6.21. The minimum absolute atomic E-state index is 0.218. The van der Waals surface area contributed by atoms with Gasteiger partial charge in [0, 0.05) is 18.9 Å². The second kappa shape index (κ2) is 4.67. The molecule has 0 aliphatic carbocycles. The molecular weight excluding hydrogens is 222 g/mol. The number of imidazole rings is 1. The molecule has 0 saturated heterocycles. The Hall–Kier alpha value is -1.33. The molecule has 0 amide bonds. The van der Waals surface area contributed by atoms with Gasteiger partial charge in [0.05, 0.1) is 12.0 Å². The van der Waals surface area contributed by atoms with Crippen LogP contribution in [0.1, 0.15) is 23.7 Å². The summed E-state index contributed by atoms with van der Waals surface area (Å²) in [5.74, 6) is 1.71. The zero-order valence-electron chi connectivity index (χ0n) is 9.38. The van der Waals surface area contributed by atoms with Gasteiger partial charge in [0.15, 0.2) is 0 Å². The van der Waals surface area contributed by atoms with Crippen molar-refractivity contribution in [3.05, 3.63) is 34.5 Å². The molecule has 0 fully saturated rings. The first-order valence-corrected chi connectivity index (χ1v) is 6.03. The van der Waals surface area contributed by atoms with E-state index >= 15 is 0 Å². The molecule has 2 rings (SSSR count). The molecule has 0 saturated carbocycles. The fourth-order valence-corrected chi connectivity index (χ4v) is 2.55. The second-order valence-electron chi connectivity index (χ2n) is 3.40. The maximum atomic E-state index is 6.21. The topological polar surface area (TPSA) is 53.1 Å². The van der Waals surface area contributed by atoms with Crippen molar-refractivity contribution in [2.24, 2.45) is 5.73 Å². The summed E-state index contributed by atoms with van der Waals surface area (Å²) in [5.41, 5.74) is 6.21. The fourth-order valence-electron chi connectivity index (χ4n) is 1.69. The molecule has 0 bridgehead atoms. The van der Waals surface area contributed by atoms with Gasteiger partial charge in [-0.1, -0.05) is 0 Å². The molecule has 1 unspecified atom stereocenters. The fraction of sp³-hybridized carbons (Fsp3) is 0.364. The van der Waals surface area contributed by atoms with Gasteiger partial charge in [-0.15, -0.1) is 11.3 Å². The lowest BCUT2D eigenvalue weighted by atomic mass is 10.2. The van der Waals surface area contributed by atoms with Crippen LogP contribution < -0.4 is 10.5 Å². The zero-order chi connectivity index (χ0) is 11.5. The summed E-state index contributed by atoms with van der Waals surface area (Å²) in [5, 5.41) is 1.98. The number of aryl methyl sites for hydroxylation is 1. The van der Waals surface area contributed by atoms with Crippen molar-refractivity contribution in [2.45, 2.75) is 19.5 Å². The molecule has 1 atom stereocenters. The summed E-state index contributed by atoms with van der Waals surface area (Å²) < 4.78 is 7.32. The van der Waals surface area contributed by atoms with E-state index in [1.54, 1.807) is 24.6 Å². The van der Waals surface area contributed by atoms with Gasteiger partial charge < -0.3 is 15.0 Å². The molecular formula is C11H15N3OS. The Morgan fingerprint density at radius 1 is 1.62 bits per heavy atom. The Kier molecular flexibility index (Phi) is 3.26. The number of rotatable bonds is 4. The van der Waals surface area contributed by atoms with Crippen molar-refractivity contribution in [3.63, 3.8) is 0 Å². The van der Waals surface area contributed by atoms with Crippen LogP contribution in [0.2, 0.25) is 0 Å². The highest BCUT2D eigenvalue weighted by Crippen LogP contribution is 2.32. The summed E-state index contributed by atoms with van der Waals surface area (Å²) >= 11 is 1.60. The quantitative estimate of drug-likeness (QED) is 0.885. The van der Waals surface area contributed by atoms with E-state index in [1.165, 1.54) is 0 Å². The van der Waals surface area contributed by atoms with Crippen LogP contribution in [0, 0.1) is 0 Å². The number of hydrogen-bond acceptors (Lipinski definition) is 4. The van der Waals surface area contributed by atoms with E-state index in [0.717, 1.165) is 23.0 Å². The summed E-state index contributed by atoms with van der Waals surface area (Å²) in [6, 6.07) is 1.71. The lowest BCUT2D eigenvalue weighted by molar-refractivity contribution is 0.410. The van der Waals surface area contributed by atoms with Crippen molar-refractivity contribution in [1.29, 1.82) is 0 Å². The first kappa shape index (κ1) is 11.2. The highest BCUT2D eigenvalue weighted by molar-refractivity contribution is 7.10. The smallest absolute Gasteiger partial charge is 0.134 e. The van der Waals surface area contributed by atoms with Crippen LogP contribution in [0.3, 0.4) is 0 Å². The third kappa shape index (κ3) is 1.83. The first-order valence-electron chi connectivity index (χ1n) is 5.16. The first-order chi connectivity index (χ1) is 7.77. The molecule has 0 spiro atoms.